The minimum Gasteiger partial charge on any atom is -0.493 e. The van der Waals surface area contributed by atoms with Crippen molar-refractivity contribution in [3.8, 4) is 17.2 Å². The summed E-state index contributed by atoms with van der Waals surface area (Å²) in [7, 11) is 4.55. The van der Waals surface area contributed by atoms with Gasteiger partial charge in [-0.25, -0.2) is 0 Å². The summed E-state index contributed by atoms with van der Waals surface area (Å²) in [6.45, 7) is 6.70. The van der Waals surface area contributed by atoms with Crippen molar-refractivity contribution in [1.29, 1.82) is 0 Å². The molecule has 0 fully saturated rings. The maximum Gasteiger partial charge on any atom is 0.251 e. The molecule has 1 aromatic carbocycles. The first-order valence-electron chi connectivity index (χ1n) is 9.45. The molecule has 1 rings (SSSR count). The summed E-state index contributed by atoms with van der Waals surface area (Å²) in [5.74, 6) is 1.09. The third kappa shape index (κ3) is 7.64. The molecule has 0 heterocycles. The molecule has 1 unspecified atom stereocenters. The Bertz CT molecular complexity index is 681. The van der Waals surface area contributed by atoms with Gasteiger partial charge in [0.2, 0.25) is 5.75 Å². The highest BCUT2D eigenvalue weighted by Gasteiger charge is 2.17. The zero-order valence-corrected chi connectivity index (χ0v) is 17.9. The first kappa shape index (κ1) is 23.6. The summed E-state index contributed by atoms with van der Waals surface area (Å²) in [6.07, 6.45) is 7.16. The van der Waals surface area contributed by atoms with Crippen LogP contribution < -0.4 is 25.3 Å². The lowest BCUT2D eigenvalue weighted by molar-refractivity contribution is 0.0950. The Morgan fingerprint density at radius 1 is 1.07 bits per heavy atom. The highest BCUT2D eigenvalue weighted by molar-refractivity contribution is 5.95. The molecule has 28 heavy (non-hydrogen) atoms. The Morgan fingerprint density at radius 2 is 1.68 bits per heavy atom. The number of hydrogen-bond acceptors (Lipinski definition) is 5. The number of carbonyl (C=O) groups is 1. The molecule has 0 radical (unpaired) electrons. The molecule has 3 N–H and O–H groups in total. The van der Waals surface area contributed by atoms with Crippen molar-refractivity contribution in [2.75, 3.05) is 27.9 Å². The smallest absolute Gasteiger partial charge is 0.251 e. The molecule has 0 aliphatic rings. The molecule has 1 aromatic rings. The van der Waals surface area contributed by atoms with Gasteiger partial charge in [0, 0.05) is 18.2 Å². The van der Waals surface area contributed by atoms with Crippen LogP contribution in [0.1, 0.15) is 50.4 Å². The average molecular weight is 391 g/mol. The van der Waals surface area contributed by atoms with Gasteiger partial charge < -0.3 is 25.3 Å². The number of amides is 1. The summed E-state index contributed by atoms with van der Waals surface area (Å²) in [4.78, 5) is 12.5. The molecular weight excluding hydrogens is 356 g/mol. The van der Waals surface area contributed by atoms with Gasteiger partial charge in [0.15, 0.2) is 11.5 Å². The molecule has 6 heteroatoms. The van der Waals surface area contributed by atoms with Gasteiger partial charge >= 0.3 is 0 Å². The number of allylic oxidation sites excluding steroid dienone is 3. The summed E-state index contributed by atoms with van der Waals surface area (Å²) >= 11 is 0. The molecule has 0 aromatic heterocycles. The lowest BCUT2D eigenvalue weighted by Gasteiger charge is -2.15. The van der Waals surface area contributed by atoms with Crippen LogP contribution in [0.15, 0.2) is 35.4 Å². The van der Waals surface area contributed by atoms with Gasteiger partial charge in [-0.15, -0.1) is 0 Å². The Hall–Kier alpha value is -2.47. The van der Waals surface area contributed by atoms with Crippen molar-refractivity contribution in [1.82, 2.24) is 5.32 Å². The number of rotatable bonds is 11. The Labute approximate surface area is 168 Å². The standard InChI is InChI=1S/C22H34N2O4/c1-15(2)8-7-9-16(3)10-11-18(23)14-24-22(25)17-12-19(26-4)21(28-6)20(13-17)27-5/h8,10,12-13,18H,7,9,11,14,23H2,1-6H3,(H,24,25). The monoisotopic (exact) mass is 390 g/mol. The quantitative estimate of drug-likeness (QED) is 0.561. The largest absolute Gasteiger partial charge is 0.493 e. The van der Waals surface area contributed by atoms with E-state index in [4.69, 9.17) is 19.9 Å². The molecule has 6 nitrogen and oxygen atoms in total. The first-order valence-corrected chi connectivity index (χ1v) is 9.45. The van der Waals surface area contributed by atoms with Crippen LogP contribution in [0.25, 0.3) is 0 Å². The van der Waals surface area contributed by atoms with Crippen LogP contribution >= 0.6 is 0 Å². The Morgan fingerprint density at radius 3 is 2.18 bits per heavy atom. The fraction of sp³-hybridized carbons (Fsp3) is 0.500. The van der Waals surface area contributed by atoms with Gasteiger partial charge in [-0.05, 0) is 52.2 Å². The molecule has 0 saturated carbocycles. The maximum atomic E-state index is 12.5. The minimum absolute atomic E-state index is 0.149. The van der Waals surface area contributed by atoms with E-state index < -0.39 is 0 Å². The molecule has 1 atom stereocenters. The fourth-order valence-corrected chi connectivity index (χ4v) is 2.66. The predicted octanol–water partition coefficient (Wildman–Crippen LogP) is 3.85. The van der Waals surface area contributed by atoms with Crippen LogP contribution in [0.5, 0.6) is 17.2 Å². The van der Waals surface area contributed by atoms with Crippen molar-refractivity contribution in [3.63, 3.8) is 0 Å². The number of carbonyl (C=O) groups excluding carboxylic acids is 1. The number of benzene rings is 1. The number of nitrogens with one attached hydrogen (secondary N) is 1. The van der Waals surface area contributed by atoms with Crippen molar-refractivity contribution < 1.29 is 19.0 Å². The zero-order chi connectivity index (χ0) is 21.1. The number of methoxy groups -OCH3 is 3. The van der Waals surface area contributed by atoms with E-state index >= 15 is 0 Å². The lowest BCUT2D eigenvalue weighted by atomic mass is 10.1. The van der Waals surface area contributed by atoms with Gasteiger partial charge in [-0.3, -0.25) is 4.79 Å². The topological polar surface area (TPSA) is 82.8 Å². The number of nitrogens with two attached hydrogens (primary N) is 1. The van der Waals surface area contributed by atoms with E-state index in [1.54, 1.807) is 12.1 Å². The molecule has 156 valence electrons. The molecule has 0 aliphatic heterocycles. The van der Waals surface area contributed by atoms with E-state index in [2.05, 4.69) is 38.2 Å². The van der Waals surface area contributed by atoms with Crippen molar-refractivity contribution in [2.24, 2.45) is 5.73 Å². The summed E-state index contributed by atoms with van der Waals surface area (Å²) in [6, 6.07) is 3.09. The van der Waals surface area contributed by atoms with Crippen LogP contribution in [0.4, 0.5) is 0 Å². The van der Waals surface area contributed by atoms with Crippen molar-refractivity contribution in [3.05, 3.63) is 41.0 Å². The molecule has 0 aliphatic carbocycles. The maximum absolute atomic E-state index is 12.5. The SMILES string of the molecule is COc1cc(C(=O)NCC(N)CC=C(C)CCC=C(C)C)cc(OC)c1OC. The van der Waals surface area contributed by atoms with Gasteiger partial charge in [-0.1, -0.05) is 23.3 Å². The second kappa shape index (κ2) is 12.1. The van der Waals surface area contributed by atoms with Crippen LogP contribution in [0.2, 0.25) is 0 Å². The normalized spacial score (nSPS) is 12.2. The van der Waals surface area contributed by atoms with E-state index in [0.717, 1.165) is 19.3 Å². The van der Waals surface area contributed by atoms with Crippen LogP contribution in [0, 0.1) is 0 Å². The lowest BCUT2D eigenvalue weighted by Crippen LogP contribution is -2.37. The first-order chi connectivity index (χ1) is 13.3. The fourth-order valence-electron chi connectivity index (χ4n) is 2.66. The van der Waals surface area contributed by atoms with Crippen LogP contribution in [0.3, 0.4) is 0 Å². The minimum atomic E-state index is -0.237. The third-order valence-corrected chi connectivity index (χ3v) is 4.31. The zero-order valence-electron chi connectivity index (χ0n) is 17.9. The Kier molecular flexibility index (Phi) is 10.2. The van der Waals surface area contributed by atoms with Gasteiger partial charge in [0.1, 0.15) is 0 Å². The third-order valence-electron chi connectivity index (χ3n) is 4.31. The van der Waals surface area contributed by atoms with Gasteiger partial charge in [0.25, 0.3) is 5.91 Å². The van der Waals surface area contributed by atoms with E-state index in [-0.39, 0.29) is 11.9 Å². The van der Waals surface area contributed by atoms with Gasteiger partial charge in [0.05, 0.1) is 21.3 Å². The van der Waals surface area contributed by atoms with Crippen LogP contribution in [-0.2, 0) is 0 Å². The molecule has 0 spiro atoms. The molecule has 1 amide bonds. The second-order valence-electron chi connectivity index (χ2n) is 6.99. The molecular formula is C22H34N2O4. The molecule has 0 saturated heterocycles. The van der Waals surface area contributed by atoms with Gasteiger partial charge in [-0.2, -0.15) is 0 Å². The average Bonchev–Trinajstić information content (AvgIpc) is 2.68. The van der Waals surface area contributed by atoms with E-state index in [9.17, 15) is 4.79 Å². The van der Waals surface area contributed by atoms with E-state index in [1.807, 2.05) is 0 Å². The molecule has 0 bridgehead atoms. The summed E-state index contributed by atoms with van der Waals surface area (Å²) < 4.78 is 15.8. The highest BCUT2D eigenvalue weighted by atomic mass is 16.5. The summed E-state index contributed by atoms with van der Waals surface area (Å²) in [5, 5.41) is 2.87. The van der Waals surface area contributed by atoms with E-state index in [1.165, 1.54) is 32.5 Å². The van der Waals surface area contributed by atoms with Crippen molar-refractivity contribution in [2.45, 2.75) is 46.1 Å². The number of hydrogen-bond donors (Lipinski definition) is 2. The van der Waals surface area contributed by atoms with Crippen molar-refractivity contribution >= 4 is 5.91 Å². The number of ether oxygens (including phenoxy) is 3. The van der Waals surface area contributed by atoms with E-state index in [0.29, 0.717) is 29.4 Å². The predicted molar refractivity (Wildman–Crippen MR) is 113 cm³/mol. The van der Waals surface area contributed by atoms with Crippen LogP contribution in [-0.4, -0.2) is 39.8 Å². The Balaban J connectivity index is 2.63. The summed E-state index contributed by atoms with van der Waals surface area (Å²) in [5.41, 5.74) is 9.21. The highest BCUT2D eigenvalue weighted by Crippen LogP contribution is 2.38. The second-order valence-corrected chi connectivity index (χ2v) is 6.99.